The summed E-state index contributed by atoms with van der Waals surface area (Å²) in [7, 11) is 3.69. The third-order valence-electron chi connectivity index (χ3n) is 3.32. The van der Waals surface area contributed by atoms with Crippen LogP contribution in [0.5, 0.6) is 0 Å². The molecule has 3 heteroatoms. The van der Waals surface area contributed by atoms with E-state index in [9.17, 15) is 0 Å². The fourth-order valence-corrected chi connectivity index (χ4v) is 2.19. The highest BCUT2D eigenvalue weighted by molar-refractivity contribution is 4.73. The lowest BCUT2D eigenvalue weighted by atomic mass is 9.88. The zero-order chi connectivity index (χ0) is 11.1. The van der Waals surface area contributed by atoms with E-state index < -0.39 is 0 Å². The topological polar surface area (TPSA) is 30.5 Å². The Morgan fingerprint density at radius 2 is 2.00 bits per heavy atom. The third-order valence-corrected chi connectivity index (χ3v) is 3.32. The first-order valence-corrected chi connectivity index (χ1v) is 6.05. The molecule has 0 saturated heterocycles. The van der Waals surface area contributed by atoms with Crippen LogP contribution in [0, 0.1) is 5.92 Å². The Balaban J connectivity index is 2.21. The van der Waals surface area contributed by atoms with Gasteiger partial charge < -0.3 is 14.8 Å². The molecule has 1 aliphatic rings. The average molecular weight is 215 g/mol. The van der Waals surface area contributed by atoms with E-state index in [1.807, 2.05) is 7.05 Å². The third kappa shape index (κ3) is 4.49. The van der Waals surface area contributed by atoms with Crippen molar-refractivity contribution < 1.29 is 9.47 Å². The van der Waals surface area contributed by atoms with E-state index in [-0.39, 0.29) is 0 Å². The number of nitrogens with one attached hydrogen (secondary N) is 1. The molecule has 0 bridgehead atoms. The van der Waals surface area contributed by atoms with E-state index in [2.05, 4.69) is 12.2 Å². The van der Waals surface area contributed by atoms with Gasteiger partial charge in [0, 0.05) is 7.11 Å². The predicted octanol–water partition coefficient (Wildman–Crippen LogP) is 1.82. The van der Waals surface area contributed by atoms with Crippen molar-refractivity contribution in [2.24, 2.45) is 5.92 Å². The van der Waals surface area contributed by atoms with Crippen LogP contribution < -0.4 is 5.32 Å². The average Bonchev–Trinajstić information content (AvgIpc) is 2.26. The van der Waals surface area contributed by atoms with Crippen LogP contribution in [0.25, 0.3) is 0 Å². The summed E-state index contributed by atoms with van der Waals surface area (Å²) in [6.45, 7) is 3.78. The Bertz CT molecular complexity index is 164. The van der Waals surface area contributed by atoms with E-state index in [0.29, 0.717) is 12.1 Å². The van der Waals surface area contributed by atoms with Crippen molar-refractivity contribution in [3.05, 3.63) is 0 Å². The first-order valence-electron chi connectivity index (χ1n) is 6.05. The van der Waals surface area contributed by atoms with Gasteiger partial charge in [-0.25, -0.2) is 0 Å². The van der Waals surface area contributed by atoms with E-state index in [1.54, 1.807) is 7.11 Å². The zero-order valence-corrected chi connectivity index (χ0v) is 10.3. The van der Waals surface area contributed by atoms with Crippen LogP contribution >= 0.6 is 0 Å². The summed E-state index contributed by atoms with van der Waals surface area (Å²) >= 11 is 0. The Hall–Kier alpha value is -0.120. The van der Waals surface area contributed by atoms with Crippen LogP contribution in [0.15, 0.2) is 0 Å². The molecule has 3 atom stereocenters. The molecule has 0 aliphatic heterocycles. The minimum Gasteiger partial charge on any atom is -0.383 e. The smallest absolute Gasteiger partial charge is 0.0646 e. The lowest BCUT2D eigenvalue weighted by Crippen LogP contribution is -2.37. The van der Waals surface area contributed by atoms with Gasteiger partial charge in [0.05, 0.1) is 25.4 Å². The van der Waals surface area contributed by atoms with Crippen molar-refractivity contribution in [2.75, 3.05) is 27.4 Å². The first-order chi connectivity index (χ1) is 7.27. The number of hydrogen-bond acceptors (Lipinski definition) is 3. The molecular weight excluding hydrogens is 190 g/mol. The molecule has 1 fully saturated rings. The van der Waals surface area contributed by atoms with Crippen LogP contribution in [0.4, 0.5) is 0 Å². The molecule has 1 aliphatic carbocycles. The molecule has 15 heavy (non-hydrogen) atoms. The van der Waals surface area contributed by atoms with Gasteiger partial charge in [0.15, 0.2) is 0 Å². The molecule has 0 heterocycles. The van der Waals surface area contributed by atoms with Gasteiger partial charge in [-0.2, -0.15) is 0 Å². The van der Waals surface area contributed by atoms with Crippen LogP contribution in [-0.2, 0) is 9.47 Å². The molecule has 0 spiro atoms. The summed E-state index contributed by atoms with van der Waals surface area (Å²) in [4.78, 5) is 0. The molecule has 0 amide bonds. The predicted molar refractivity (Wildman–Crippen MR) is 62.1 cm³/mol. The monoisotopic (exact) mass is 215 g/mol. The van der Waals surface area contributed by atoms with E-state index in [1.165, 1.54) is 25.7 Å². The molecule has 1 rings (SSSR count). The second kappa shape index (κ2) is 7.20. The van der Waals surface area contributed by atoms with Gasteiger partial charge in [-0.3, -0.25) is 0 Å². The zero-order valence-electron chi connectivity index (χ0n) is 10.3. The summed E-state index contributed by atoms with van der Waals surface area (Å²) in [5.41, 5.74) is 0. The molecule has 0 aromatic heterocycles. The van der Waals surface area contributed by atoms with Crippen molar-refractivity contribution in [1.29, 1.82) is 0 Å². The number of methoxy groups -OCH3 is 1. The Morgan fingerprint density at radius 1 is 1.27 bits per heavy atom. The Morgan fingerprint density at radius 3 is 2.60 bits per heavy atom. The molecule has 1 saturated carbocycles. The quantitative estimate of drug-likeness (QED) is 0.733. The van der Waals surface area contributed by atoms with Crippen LogP contribution in [0.3, 0.4) is 0 Å². The van der Waals surface area contributed by atoms with E-state index in [0.717, 1.165) is 19.1 Å². The maximum absolute atomic E-state index is 5.96. The lowest BCUT2D eigenvalue weighted by molar-refractivity contribution is -0.0229. The summed E-state index contributed by atoms with van der Waals surface area (Å²) in [6.07, 6.45) is 5.70. The summed E-state index contributed by atoms with van der Waals surface area (Å²) < 4.78 is 11.1. The number of hydrogen-bond donors (Lipinski definition) is 1. The molecule has 1 N–H and O–H groups in total. The molecule has 0 aromatic carbocycles. The highest BCUT2D eigenvalue weighted by Gasteiger charge is 2.22. The van der Waals surface area contributed by atoms with E-state index >= 15 is 0 Å². The number of ether oxygens (including phenoxy) is 2. The summed E-state index contributed by atoms with van der Waals surface area (Å²) in [5.74, 6) is 0.721. The Kier molecular flexibility index (Phi) is 6.22. The van der Waals surface area contributed by atoms with Crippen LogP contribution in [0.1, 0.15) is 32.6 Å². The highest BCUT2D eigenvalue weighted by Crippen LogP contribution is 2.26. The second-order valence-electron chi connectivity index (χ2n) is 4.57. The fraction of sp³-hybridized carbons (Fsp3) is 1.00. The maximum atomic E-state index is 5.96. The Labute approximate surface area is 93.5 Å². The van der Waals surface area contributed by atoms with Crippen molar-refractivity contribution in [3.63, 3.8) is 0 Å². The van der Waals surface area contributed by atoms with Gasteiger partial charge in [0.1, 0.15) is 0 Å². The number of likely N-dealkylation sites (N-methyl/N-ethyl adjacent to an activating group) is 1. The number of rotatable bonds is 6. The lowest BCUT2D eigenvalue weighted by Gasteiger charge is -2.30. The van der Waals surface area contributed by atoms with Crippen molar-refractivity contribution in [1.82, 2.24) is 5.32 Å². The van der Waals surface area contributed by atoms with Gasteiger partial charge >= 0.3 is 0 Å². The summed E-state index contributed by atoms with van der Waals surface area (Å²) in [6, 6.07) is 0.323. The van der Waals surface area contributed by atoms with Gasteiger partial charge in [-0.05, 0) is 25.8 Å². The largest absolute Gasteiger partial charge is 0.383 e. The standard InChI is InChI=1S/C12H25NO2/c1-10-6-4-5-7-12(10)15-9-11(13-2)8-14-3/h10-13H,4-9H2,1-3H3. The SMILES string of the molecule is CNC(COC)COC1CCCCC1C. The molecule has 3 nitrogen and oxygen atoms in total. The van der Waals surface area contributed by atoms with Crippen molar-refractivity contribution in [2.45, 2.75) is 44.8 Å². The molecule has 0 aromatic rings. The first kappa shape index (κ1) is 12.9. The van der Waals surface area contributed by atoms with Crippen molar-refractivity contribution >= 4 is 0 Å². The van der Waals surface area contributed by atoms with Crippen LogP contribution in [0.2, 0.25) is 0 Å². The van der Waals surface area contributed by atoms with Gasteiger partial charge in [-0.15, -0.1) is 0 Å². The summed E-state index contributed by atoms with van der Waals surface area (Å²) in [5, 5.41) is 3.21. The fourth-order valence-electron chi connectivity index (χ4n) is 2.19. The van der Waals surface area contributed by atoms with E-state index in [4.69, 9.17) is 9.47 Å². The van der Waals surface area contributed by atoms with Gasteiger partial charge in [0.25, 0.3) is 0 Å². The van der Waals surface area contributed by atoms with Gasteiger partial charge in [-0.1, -0.05) is 19.8 Å². The minimum atomic E-state index is 0.323. The molecule has 3 unspecified atom stereocenters. The molecule has 0 radical (unpaired) electrons. The highest BCUT2D eigenvalue weighted by atomic mass is 16.5. The van der Waals surface area contributed by atoms with Crippen molar-refractivity contribution in [3.8, 4) is 0 Å². The van der Waals surface area contributed by atoms with Crippen LogP contribution in [-0.4, -0.2) is 39.5 Å². The second-order valence-corrected chi connectivity index (χ2v) is 4.57. The normalized spacial score (nSPS) is 29.0. The molecular formula is C12H25NO2. The van der Waals surface area contributed by atoms with Gasteiger partial charge in [0.2, 0.25) is 0 Å². The maximum Gasteiger partial charge on any atom is 0.0646 e. The molecule has 90 valence electrons. The minimum absolute atomic E-state index is 0.323.